The molecular formula is C12H14ClN3O4S. The second-order valence-electron chi connectivity index (χ2n) is 4.71. The highest BCUT2D eigenvalue weighted by Crippen LogP contribution is 2.30. The van der Waals surface area contributed by atoms with Gasteiger partial charge in [0.25, 0.3) is 5.69 Å². The van der Waals surface area contributed by atoms with Gasteiger partial charge in [0.05, 0.1) is 20.9 Å². The lowest BCUT2D eigenvalue weighted by Gasteiger charge is -2.21. The lowest BCUT2D eigenvalue weighted by Crippen LogP contribution is -2.44. The predicted molar refractivity (Wildman–Crippen MR) is 77.5 cm³/mol. The average Bonchev–Trinajstić information content (AvgIpc) is 2.40. The zero-order valence-corrected chi connectivity index (χ0v) is 13.2. The SMILES string of the molecule is CCC(C)(C#N)NS(=O)(=O)c1cc(Cl)c(C)c([N+](=O)[O-])c1. The van der Waals surface area contributed by atoms with E-state index in [1.165, 1.54) is 13.8 Å². The van der Waals surface area contributed by atoms with Gasteiger partial charge in [-0.1, -0.05) is 18.5 Å². The number of rotatable bonds is 5. The normalized spacial score (nSPS) is 14.2. The second-order valence-corrected chi connectivity index (χ2v) is 6.80. The van der Waals surface area contributed by atoms with Gasteiger partial charge in [0.2, 0.25) is 10.0 Å². The monoisotopic (exact) mass is 331 g/mol. The molecule has 0 saturated heterocycles. The highest BCUT2D eigenvalue weighted by Gasteiger charge is 2.30. The van der Waals surface area contributed by atoms with Crippen molar-refractivity contribution in [3.63, 3.8) is 0 Å². The molecule has 1 atom stereocenters. The minimum Gasteiger partial charge on any atom is -0.258 e. The van der Waals surface area contributed by atoms with Crippen LogP contribution >= 0.6 is 11.6 Å². The molecule has 0 radical (unpaired) electrons. The van der Waals surface area contributed by atoms with Crippen LogP contribution in [0.25, 0.3) is 0 Å². The minimum absolute atomic E-state index is 0.0280. The summed E-state index contributed by atoms with van der Waals surface area (Å²) in [5.74, 6) is 0. The molecule has 0 heterocycles. The van der Waals surface area contributed by atoms with Gasteiger partial charge in [-0.25, -0.2) is 8.42 Å². The molecule has 21 heavy (non-hydrogen) atoms. The third-order valence-electron chi connectivity index (χ3n) is 3.11. The van der Waals surface area contributed by atoms with E-state index in [2.05, 4.69) is 4.72 Å². The van der Waals surface area contributed by atoms with Gasteiger partial charge in [0.15, 0.2) is 0 Å². The first-order valence-electron chi connectivity index (χ1n) is 5.96. The zero-order valence-electron chi connectivity index (χ0n) is 11.7. The van der Waals surface area contributed by atoms with Crippen LogP contribution < -0.4 is 4.72 Å². The Hall–Kier alpha value is -1.69. The maximum absolute atomic E-state index is 12.3. The van der Waals surface area contributed by atoms with E-state index in [1.54, 1.807) is 6.92 Å². The Balaban J connectivity index is 3.41. The van der Waals surface area contributed by atoms with E-state index in [0.717, 1.165) is 12.1 Å². The first-order chi connectivity index (χ1) is 9.56. The fraction of sp³-hybridized carbons (Fsp3) is 0.417. The number of nitrogens with zero attached hydrogens (tertiary/aromatic N) is 2. The zero-order chi connectivity index (χ0) is 16.4. The first kappa shape index (κ1) is 17.4. The van der Waals surface area contributed by atoms with Crippen LogP contribution in [0.2, 0.25) is 5.02 Å². The Bertz CT molecular complexity index is 727. The molecule has 0 spiro atoms. The standard InChI is InChI=1S/C12H14ClN3O4S/c1-4-12(3,7-14)15-21(19,20)9-5-10(13)8(2)11(6-9)16(17)18/h5-6,15H,4H2,1-3H3. The first-order valence-corrected chi connectivity index (χ1v) is 7.82. The molecular weight excluding hydrogens is 318 g/mol. The third-order valence-corrected chi connectivity index (χ3v) is 5.08. The summed E-state index contributed by atoms with van der Waals surface area (Å²) < 4.78 is 26.7. The fourth-order valence-electron chi connectivity index (χ4n) is 1.51. The van der Waals surface area contributed by atoms with E-state index >= 15 is 0 Å². The van der Waals surface area contributed by atoms with Gasteiger partial charge in [-0.05, 0) is 26.3 Å². The van der Waals surface area contributed by atoms with Gasteiger partial charge in [0, 0.05) is 11.6 Å². The number of nitro groups is 1. The molecule has 114 valence electrons. The Morgan fingerprint density at radius 2 is 2.10 bits per heavy atom. The van der Waals surface area contributed by atoms with Crippen molar-refractivity contribution in [3.05, 3.63) is 32.8 Å². The van der Waals surface area contributed by atoms with E-state index in [-0.39, 0.29) is 21.9 Å². The smallest absolute Gasteiger partial charge is 0.258 e. The Morgan fingerprint density at radius 1 is 1.52 bits per heavy atom. The van der Waals surface area contributed by atoms with Crippen molar-refractivity contribution in [2.24, 2.45) is 0 Å². The maximum Gasteiger partial charge on any atom is 0.275 e. The molecule has 1 aromatic carbocycles. The Morgan fingerprint density at radius 3 is 2.52 bits per heavy atom. The molecule has 0 amide bonds. The predicted octanol–water partition coefficient (Wildman–Crippen LogP) is 2.53. The fourth-order valence-corrected chi connectivity index (χ4v) is 3.23. The summed E-state index contributed by atoms with van der Waals surface area (Å²) in [6.45, 7) is 4.50. The Kier molecular flexibility index (Phi) is 4.94. The molecule has 0 aliphatic heterocycles. The van der Waals surface area contributed by atoms with Crippen LogP contribution in [0, 0.1) is 28.4 Å². The molecule has 9 heteroatoms. The molecule has 1 unspecified atom stereocenters. The molecule has 1 N–H and O–H groups in total. The maximum atomic E-state index is 12.3. The number of benzene rings is 1. The van der Waals surface area contributed by atoms with E-state index in [9.17, 15) is 18.5 Å². The molecule has 0 saturated carbocycles. The topological polar surface area (TPSA) is 113 Å². The van der Waals surface area contributed by atoms with Crippen LogP contribution in [-0.2, 0) is 10.0 Å². The van der Waals surface area contributed by atoms with Crippen molar-refractivity contribution >= 4 is 27.3 Å². The summed E-state index contributed by atoms with van der Waals surface area (Å²) in [4.78, 5) is 9.88. The summed E-state index contributed by atoms with van der Waals surface area (Å²) in [6, 6.07) is 3.91. The van der Waals surface area contributed by atoms with Crippen molar-refractivity contribution in [1.29, 1.82) is 5.26 Å². The quantitative estimate of drug-likeness (QED) is 0.657. The molecule has 1 rings (SSSR count). The highest BCUT2D eigenvalue weighted by atomic mass is 35.5. The summed E-state index contributed by atoms with van der Waals surface area (Å²) in [5, 5.41) is 19.9. The van der Waals surface area contributed by atoms with Crippen molar-refractivity contribution in [2.75, 3.05) is 0 Å². The highest BCUT2D eigenvalue weighted by molar-refractivity contribution is 7.89. The number of hydrogen-bond acceptors (Lipinski definition) is 5. The summed E-state index contributed by atoms with van der Waals surface area (Å²) in [7, 11) is -4.10. The van der Waals surface area contributed by atoms with Crippen molar-refractivity contribution < 1.29 is 13.3 Å². The van der Waals surface area contributed by atoms with Gasteiger partial charge in [0.1, 0.15) is 5.54 Å². The van der Waals surface area contributed by atoms with Gasteiger partial charge in [-0.2, -0.15) is 9.98 Å². The summed E-state index contributed by atoms with van der Waals surface area (Å²) >= 11 is 5.85. The third kappa shape index (κ3) is 3.69. The lowest BCUT2D eigenvalue weighted by molar-refractivity contribution is -0.385. The van der Waals surface area contributed by atoms with Crippen molar-refractivity contribution in [1.82, 2.24) is 4.72 Å². The largest absolute Gasteiger partial charge is 0.275 e. The van der Waals surface area contributed by atoms with E-state index < -0.39 is 26.2 Å². The van der Waals surface area contributed by atoms with Crippen LogP contribution in [0.15, 0.2) is 17.0 Å². The number of nitrogens with one attached hydrogen (secondary N) is 1. The summed E-state index contributed by atoms with van der Waals surface area (Å²) in [6.07, 6.45) is 0.240. The number of nitro benzene ring substituents is 1. The van der Waals surface area contributed by atoms with Gasteiger partial charge in [-0.15, -0.1) is 0 Å². The van der Waals surface area contributed by atoms with E-state index in [1.807, 2.05) is 6.07 Å². The molecule has 7 nitrogen and oxygen atoms in total. The van der Waals surface area contributed by atoms with Crippen LogP contribution in [-0.4, -0.2) is 18.9 Å². The second kappa shape index (κ2) is 5.97. The van der Waals surface area contributed by atoms with Gasteiger partial charge >= 0.3 is 0 Å². The molecule has 1 aromatic rings. The number of hydrogen-bond donors (Lipinski definition) is 1. The van der Waals surface area contributed by atoms with Crippen LogP contribution in [0.4, 0.5) is 5.69 Å². The van der Waals surface area contributed by atoms with Gasteiger partial charge < -0.3 is 0 Å². The van der Waals surface area contributed by atoms with E-state index in [0.29, 0.717) is 0 Å². The number of halogens is 1. The number of sulfonamides is 1. The molecule has 0 aliphatic rings. The summed E-state index contributed by atoms with van der Waals surface area (Å²) in [5.41, 5.74) is -1.51. The average molecular weight is 332 g/mol. The van der Waals surface area contributed by atoms with E-state index in [4.69, 9.17) is 16.9 Å². The van der Waals surface area contributed by atoms with Crippen LogP contribution in [0.5, 0.6) is 0 Å². The number of nitriles is 1. The minimum atomic E-state index is -4.10. The van der Waals surface area contributed by atoms with Crippen LogP contribution in [0.1, 0.15) is 25.8 Å². The molecule has 0 aliphatic carbocycles. The molecule has 0 fully saturated rings. The molecule has 0 aromatic heterocycles. The molecule has 0 bridgehead atoms. The van der Waals surface area contributed by atoms with Crippen molar-refractivity contribution in [2.45, 2.75) is 37.6 Å². The van der Waals surface area contributed by atoms with Crippen molar-refractivity contribution in [3.8, 4) is 6.07 Å². The van der Waals surface area contributed by atoms with Crippen LogP contribution in [0.3, 0.4) is 0 Å². The van der Waals surface area contributed by atoms with Gasteiger partial charge in [-0.3, -0.25) is 10.1 Å². The Labute approximate surface area is 127 Å². The lowest BCUT2D eigenvalue weighted by atomic mass is 10.0.